The molecule has 0 radical (unpaired) electrons. The molecule has 29 heavy (non-hydrogen) atoms. The fourth-order valence-corrected chi connectivity index (χ4v) is 3.84. The average Bonchev–Trinajstić information content (AvgIpc) is 3.40. The van der Waals surface area contributed by atoms with Crippen LogP contribution in [0.15, 0.2) is 28.9 Å². The fraction of sp³-hybridized carbons (Fsp3) is 0.500. The summed E-state index contributed by atoms with van der Waals surface area (Å²) in [5.74, 6) is 1.74. The minimum Gasteiger partial charge on any atom is -0.360 e. The Bertz CT molecular complexity index is 869. The molecule has 0 aliphatic carbocycles. The SMILES string of the molecule is Cc1cc(NC(=O)CN2CCN(C(=O)c3cccnc3N3CCCC3)CC2)no1. The second kappa shape index (κ2) is 8.60. The van der Waals surface area contributed by atoms with Crippen molar-refractivity contribution in [3.8, 4) is 0 Å². The number of hydrogen-bond donors (Lipinski definition) is 1. The van der Waals surface area contributed by atoms with Gasteiger partial charge >= 0.3 is 0 Å². The molecule has 0 aromatic carbocycles. The molecule has 2 saturated heterocycles. The van der Waals surface area contributed by atoms with E-state index in [2.05, 4.69) is 20.4 Å². The number of nitrogens with one attached hydrogen (secondary N) is 1. The van der Waals surface area contributed by atoms with Crippen LogP contribution in [0.1, 0.15) is 29.0 Å². The number of carbonyl (C=O) groups is 2. The standard InChI is InChI=1S/C20H26N6O3/c1-15-13-17(23-29-15)22-18(27)14-24-9-11-26(12-10-24)20(28)16-5-4-6-21-19(16)25-7-2-3-8-25/h4-6,13H,2-3,7-12,14H2,1H3,(H,22,23,27). The lowest BCUT2D eigenvalue weighted by molar-refractivity contribution is -0.117. The lowest BCUT2D eigenvalue weighted by Crippen LogP contribution is -2.50. The van der Waals surface area contributed by atoms with Gasteiger partial charge in [0.15, 0.2) is 5.82 Å². The minimum absolute atomic E-state index is 0.0159. The molecular formula is C20H26N6O3. The molecule has 9 nitrogen and oxygen atoms in total. The van der Waals surface area contributed by atoms with E-state index in [1.807, 2.05) is 21.9 Å². The van der Waals surface area contributed by atoms with Crippen LogP contribution < -0.4 is 10.2 Å². The van der Waals surface area contributed by atoms with Gasteiger partial charge in [-0.25, -0.2) is 4.98 Å². The van der Waals surface area contributed by atoms with Gasteiger partial charge in [-0.2, -0.15) is 0 Å². The normalized spacial score (nSPS) is 17.6. The molecule has 0 atom stereocenters. The zero-order chi connectivity index (χ0) is 20.2. The molecule has 0 unspecified atom stereocenters. The summed E-state index contributed by atoms with van der Waals surface area (Å²) in [4.78, 5) is 35.8. The minimum atomic E-state index is -0.137. The molecule has 1 N–H and O–H groups in total. The molecule has 0 spiro atoms. The number of rotatable bonds is 5. The summed E-state index contributed by atoms with van der Waals surface area (Å²) in [5.41, 5.74) is 0.669. The van der Waals surface area contributed by atoms with Gasteiger partial charge in [-0.15, -0.1) is 0 Å². The van der Waals surface area contributed by atoms with Gasteiger partial charge < -0.3 is 19.6 Å². The van der Waals surface area contributed by atoms with Crippen LogP contribution in [-0.2, 0) is 4.79 Å². The molecule has 2 amide bonds. The second-order valence-corrected chi connectivity index (χ2v) is 7.51. The van der Waals surface area contributed by atoms with E-state index in [1.165, 1.54) is 0 Å². The van der Waals surface area contributed by atoms with Crippen molar-refractivity contribution in [1.82, 2.24) is 19.9 Å². The van der Waals surface area contributed by atoms with Crippen LogP contribution in [-0.4, -0.2) is 77.6 Å². The van der Waals surface area contributed by atoms with Crippen molar-refractivity contribution in [1.29, 1.82) is 0 Å². The molecular weight excluding hydrogens is 372 g/mol. The van der Waals surface area contributed by atoms with Gasteiger partial charge in [0.2, 0.25) is 5.91 Å². The summed E-state index contributed by atoms with van der Waals surface area (Å²) < 4.78 is 4.95. The summed E-state index contributed by atoms with van der Waals surface area (Å²) in [6, 6.07) is 5.36. The molecule has 0 saturated carbocycles. The molecule has 4 rings (SSSR count). The van der Waals surface area contributed by atoms with Gasteiger partial charge in [0.05, 0.1) is 12.1 Å². The van der Waals surface area contributed by atoms with E-state index in [0.717, 1.165) is 31.7 Å². The van der Waals surface area contributed by atoms with Gasteiger partial charge in [0, 0.05) is 51.5 Å². The van der Waals surface area contributed by atoms with Crippen molar-refractivity contribution in [2.24, 2.45) is 0 Å². The first kappa shape index (κ1) is 19.4. The Labute approximate surface area is 169 Å². The Morgan fingerprint density at radius 2 is 1.90 bits per heavy atom. The number of aryl methyl sites for hydroxylation is 1. The molecule has 0 bridgehead atoms. The third-order valence-electron chi connectivity index (χ3n) is 5.34. The van der Waals surface area contributed by atoms with Crippen LogP contribution in [0.5, 0.6) is 0 Å². The Balaban J connectivity index is 1.31. The topological polar surface area (TPSA) is 94.8 Å². The summed E-state index contributed by atoms with van der Waals surface area (Å²) in [7, 11) is 0. The number of anilines is 2. The largest absolute Gasteiger partial charge is 0.360 e. The van der Waals surface area contributed by atoms with Crippen LogP contribution in [0, 0.1) is 6.92 Å². The quantitative estimate of drug-likeness (QED) is 0.813. The van der Waals surface area contributed by atoms with Crippen LogP contribution >= 0.6 is 0 Å². The third-order valence-corrected chi connectivity index (χ3v) is 5.34. The van der Waals surface area contributed by atoms with Gasteiger partial charge in [-0.3, -0.25) is 14.5 Å². The van der Waals surface area contributed by atoms with E-state index in [1.54, 1.807) is 19.2 Å². The van der Waals surface area contributed by atoms with Gasteiger partial charge in [-0.1, -0.05) is 5.16 Å². The molecule has 2 aromatic heterocycles. The highest BCUT2D eigenvalue weighted by Crippen LogP contribution is 2.23. The Morgan fingerprint density at radius 1 is 1.14 bits per heavy atom. The Kier molecular flexibility index (Phi) is 5.75. The highest BCUT2D eigenvalue weighted by Gasteiger charge is 2.27. The number of pyridine rings is 1. The second-order valence-electron chi connectivity index (χ2n) is 7.51. The highest BCUT2D eigenvalue weighted by molar-refractivity contribution is 5.99. The lowest BCUT2D eigenvalue weighted by Gasteiger charge is -2.34. The Hall–Kier alpha value is -2.94. The number of amides is 2. The van der Waals surface area contributed by atoms with E-state index in [4.69, 9.17) is 4.52 Å². The molecule has 154 valence electrons. The molecule has 9 heteroatoms. The monoisotopic (exact) mass is 398 g/mol. The predicted octanol–water partition coefficient (Wildman–Crippen LogP) is 1.37. The van der Waals surface area contributed by atoms with Crippen LogP contribution in [0.4, 0.5) is 11.6 Å². The molecule has 2 aliphatic heterocycles. The summed E-state index contributed by atoms with van der Waals surface area (Å²) in [6.07, 6.45) is 4.02. The number of nitrogens with zero attached hydrogens (tertiary/aromatic N) is 5. The smallest absolute Gasteiger partial charge is 0.257 e. The van der Waals surface area contributed by atoms with Crippen LogP contribution in [0.25, 0.3) is 0 Å². The molecule has 2 aromatic rings. The first-order chi connectivity index (χ1) is 14.1. The van der Waals surface area contributed by atoms with Crippen LogP contribution in [0.2, 0.25) is 0 Å². The van der Waals surface area contributed by atoms with Gasteiger partial charge in [0.25, 0.3) is 5.91 Å². The number of piperazine rings is 1. The maximum atomic E-state index is 13.1. The average molecular weight is 398 g/mol. The lowest BCUT2D eigenvalue weighted by atomic mass is 10.2. The van der Waals surface area contributed by atoms with E-state index < -0.39 is 0 Å². The van der Waals surface area contributed by atoms with E-state index in [-0.39, 0.29) is 18.4 Å². The number of aromatic nitrogens is 2. The van der Waals surface area contributed by atoms with Crippen molar-refractivity contribution >= 4 is 23.5 Å². The van der Waals surface area contributed by atoms with E-state index in [9.17, 15) is 9.59 Å². The van der Waals surface area contributed by atoms with E-state index in [0.29, 0.717) is 43.3 Å². The summed E-state index contributed by atoms with van der Waals surface area (Å²) in [5, 5.41) is 6.50. The van der Waals surface area contributed by atoms with Crippen molar-refractivity contribution in [3.63, 3.8) is 0 Å². The maximum Gasteiger partial charge on any atom is 0.257 e. The number of hydrogen-bond acceptors (Lipinski definition) is 7. The Morgan fingerprint density at radius 3 is 2.59 bits per heavy atom. The summed E-state index contributed by atoms with van der Waals surface area (Å²) >= 11 is 0. The third kappa shape index (κ3) is 4.56. The molecule has 2 aliphatic rings. The van der Waals surface area contributed by atoms with Gasteiger partial charge in [0.1, 0.15) is 11.6 Å². The van der Waals surface area contributed by atoms with Crippen molar-refractivity contribution in [2.75, 3.05) is 56.0 Å². The van der Waals surface area contributed by atoms with Crippen molar-refractivity contribution < 1.29 is 14.1 Å². The highest BCUT2D eigenvalue weighted by atomic mass is 16.5. The fourth-order valence-electron chi connectivity index (χ4n) is 3.84. The van der Waals surface area contributed by atoms with E-state index >= 15 is 0 Å². The molecule has 2 fully saturated rings. The van der Waals surface area contributed by atoms with Crippen molar-refractivity contribution in [3.05, 3.63) is 35.7 Å². The number of carbonyl (C=O) groups excluding carboxylic acids is 2. The first-order valence-electron chi connectivity index (χ1n) is 10.0. The van der Waals surface area contributed by atoms with Gasteiger partial charge in [-0.05, 0) is 31.9 Å². The zero-order valence-corrected chi connectivity index (χ0v) is 16.6. The first-order valence-corrected chi connectivity index (χ1v) is 10.0. The summed E-state index contributed by atoms with van der Waals surface area (Å²) in [6.45, 7) is 6.41. The maximum absolute atomic E-state index is 13.1. The molecule has 4 heterocycles. The van der Waals surface area contributed by atoms with Crippen LogP contribution in [0.3, 0.4) is 0 Å². The van der Waals surface area contributed by atoms with Crippen molar-refractivity contribution in [2.45, 2.75) is 19.8 Å². The predicted molar refractivity (Wildman–Crippen MR) is 108 cm³/mol. The zero-order valence-electron chi connectivity index (χ0n) is 16.6.